The first-order valence-electron chi connectivity index (χ1n) is 5.24. The Morgan fingerprint density at radius 2 is 1.85 bits per heavy atom. The maximum Gasteiger partial charge on any atom is 0.417 e. The van der Waals surface area contributed by atoms with E-state index >= 15 is 0 Å². The lowest BCUT2D eigenvalue weighted by molar-refractivity contribution is -0.0155. The van der Waals surface area contributed by atoms with Gasteiger partial charge in [0.25, 0.3) is 0 Å². The molecule has 0 spiro atoms. The molecule has 4 aliphatic rings. The first-order valence-corrected chi connectivity index (χ1v) is 5.24. The molecule has 4 bridgehead atoms. The molecule has 0 aromatic heterocycles. The van der Waals surface area contributed by atoms with E-state index in [9.17, 15) is 4.79 Å². The van der Waals surface area contributed by atoms with Crippen molar-refractivity contribution in [3.8, 4) is 0 Å². The topological polar surface area (TPSA) is 26.3 Å². The van der Waals surface area contributed by atoms with Crippen LogP contribution in [0, 0.1) is 23.7 Å². The molecule has 0 heterocycles. The van der Waals surface area contributed by atoms with Crippen molar-refractivity contribution in [2.75, 3.05) is 0 Å². The molecule has 2 heteroatoms. The van der Waals surface area contributed by atoms with Crippen LogP contribution in [0.15, 0.2) is 0 Å². The zero-order valence-corrected chi connectivity index (χ0v) is 7.66. The summed E-state index contributed by atoms with van der Waals surface area (Å²) in [7, 11) is 0. The maximum absolute atomic E-state index is 10.2. The molecule has 0 aliphatic heterocycles. The van der Waals surface area contributed by atoms with Gasteiger partial charge in [0.1, 0.15) is 6.10 Å². The van der Waals surface area contributed by atoms with Gasteiger partial charge in [-0.25, -0.2) is 4.79 Å². The Kier molecular flexibility index (Phi) is 1.64. The lowest BCUT2D eigenvalue weighted by atomic mass is 9.55. The minimum Gasteiger partial charge on any atom is -0.453 e. The van der Waals surface area contributed by atoms with Gasteiger partial charge in [-0.05, 0) is 49.9 Å². The van der Waals surface area contributed by atoms with Crippen LogP contribution in [0.5, 0.6) is 0 Å². The van der Waals surface area contributed by atoms with Gasteiger partial charge in [0.15, 0.2) is 0 Å². The molecule has 3 atom stereocenters. The highest BCUT2D eigenvalue weighted by Crippen LogP contribution is 2.55. The van der Waals surface area contributed by atoms with Crippen LogP contribution in [0.2, 0.25) is 0 Å². The Morgan fingerprint density at radius 3 is 2.38 bits per heavy atom. The minimum atomic E-state index is 0.144. The average molecular weight is 178 g/mol. The SMILES string of the molecule is O=[C]OC1[C]2CC3CC(C2)CC1C3. The van der Waals surface area contributed by atoms with Gasteiger partial charge in [-0.2, -0.15) is 0 Å². The van der Waals surface area contributed by atoms with Crippen molar-refractivity contribution in [1.82, 2.24) is 0 Å². The number of ether oxygens (including phenoxy) is 1. The average Bonchev–Trinajstić information content (AvgIpc) is 2.10. The van der Waals surface area contributed by atoms with Gasteiger partial charge in [-0.1, -0.05) is 0 Å². The van der Waals surface area contributed by atoms with E-state index in [1.807, 2.05) is 0 Å². The molecule has 4 rings (SSSR count). The summed E-state index contributed by atoms with van der Waals surface area (Å²) in [5, 5.41) is 0. The molecule has 0 saturated heterocycles. The van der Waals surface area contributed by atoms with Gasteiger partial charge in [0, 0.05) is 5.92 Å². The number of carbonyl (C=O) groups excluding carboxylic acids is 1. The van der Waals surface area contributed by atoms with E-state index in [1.54, 1.807) is 6.47 Å². The minimum absolute atomic E-state index is 0.144. The summed E-state index contributed by atoms with van der Waals surface area (Å²) < 4.78 is 5.08. The van der Waals surface area contributed by atoms with Crippen molar-refractivity contribution in [2.45, 2.75) is 38.2 Å². The molecule has 0 aromatic carbocycles. The van der Waals surface area contributed by atoms with E-state index in [1.165, 1.54) is 38.0 Å². The van der Waals surface area contributed by atoms with Crippen LogP contribution in [0.4, 0.5) is 0 Å². The number of rotatable bonds is 2. The molecule has 2 radical (unpaired) electrons. The zero-order valence-electron chi connectivity index (χ0n) is 7.66. The molecule has 2 nitrogen and oxygen atoms in total. The largest absolute Gasteiger partial charge is 0.453 e. The normalized spacial score (nSPS) is 48.0. The Labute approximate surface area is 78.6 Å². The van der Waals surface area contributed by atoms with Crippen molar-refractivity contribution in [2.24, 2.45) is 17.8 Å². The fraction of sp³-hybridized carbons (Fsp3) is 0.818. The van der Waals surface area contributed by atoms with Crippen LogP contribution in [-0.4, -0.2) is 12.6 Å². The fourth-order valence-corrected chi connectivity index (χ4v) is 3.82. The maximum atomic E-state index is 10.2. The summed E-state index contributed by atoms with van der Waals surface area (Å²) in [5.74, 6) is 3.98. The Morgan fingerprint density at radius 1 is 1.15 bits per heavy atom. The van der Waals surface area contributed by atoms with Crippen molar-refractivity contribution < 1.29 is 9.53 Å². The summed E-state index contributed by atoms with van der Waals surface area (Å²) in [5.41, 5.74) is 0. The Balaban J connectivity index is 1.81. The van der Waals surface area contributed by atoms with Gasteiger partial charge in [0.05, 0.1) is 0 Å². The molecule has 70 valence electrons. The van der Waals surface area contributed by atoms with Crippen LogP contribution in [0.3, 0.4) is 0 Å². The number of hydrogen-bond donors (Lipinski definition) is 0. The van der Waals surface area contributed by atoms with Crippen LogP contribution in [0.1, 0.15) is 32.1 Å². The molecule has 4 aliphatic carbocycles. The zero-order chi connectivity index (χ0) is 8.84. The van der Waals surface area contributed by atoms with Crippen LogP contribution in [-0.2, 0) is 9.53 Å². The second kappa shape index (κ2) is 2.73. The van der Waals surface area contributed by atoms with E-state index in [-0.39, 0.29) is 6.10 Å². The highest BCUT2D eigenvalue weighted by Gasteiger charge is 2.49. The molecule has 0 N–H and O–H groups in total. The molecule has 4 fully saturated rings. The van der Waals surface area contributed by atoms with E-state index < -0.39 is 0 Å². The van der Waals surface area contributed by atoms with Gasteiger partial charge >= 0.3 is 6.47 Å². The van der Waals surface area contributed by atoms with Gasteiger partial charge in [-0.15, -0.1) is 0 Å². The fourth-order valence-electron chi connectivity index (χ4n) is 3.82. The van der Waals surface area contributed by atoms with Crippen molar-refractivity contribution in [3.05, 3.63) is 5.92 Å². The van der Waals surface area contributed by atoms with Gasteiger partial charge in [0.2, 0.25) is 0 Å². The van der Waals surface area contributed by atoms with E-state index in [4.69, 9.17) is 4.74 Å². The predicted octanol–water partition coefficient (Wildman–Crippen LogP) is 1.85. The second-order valence-corrected chi connectivity index (χ2v) is 4.89. The molecule has 4 saturated carbocycles. The summed E-state index contributed by atoms with van der Waals surface area (Å²) >= 11 is 0. The van der Waals surface area contributed by atoms with Crippen LogP contribution < -0.4 is 0 Å². The first kappa shape index (κ1) is 7.84. The van der Waals surface area contributed by atoms with Crippen molar-refractivity contribution in [1.29, 1.82) is 0 Å². The Hall–Kier alpha value is -0.530. The van der Waals surface area contributed by atoms with E-state index in [0.29, 0.717) is 5.92 Å². The molecular weight excluding hydrogens is 164 g/mol. The van der Waals surface area contributed by atoms with Crippen molar-refractivity contribution in [3.63, 3.8) is 0 Å². The molecule has 13 heavy (non-hydrogen) atoms. The molecule has 3 unspecified atom stereocenters. The highest BCUT2D eigenvalue weighted by molar-refractivity contribution is 5.40. The summed E-state index contributed by atoms with van der Waals surface area (Å²) in [6, 6.07) is 0. The lowest BCUT2D eigenvalue weighted by Crippen LogP contribution is -2.48. The van der Waals surface area contributed by atoms with Crippen LogP contribution >= 0.6 is 0 Å². The molecule has 0 amide bonds. The third-order valence-corrected chi connectivity index (χ3v) is 4.05. The molecule has 0 aromatic rings. The van der Waals surface area contributed by atoms with Crippen LogP contribution in [0.25, 0.3) is 0 Å². The van der Waals surface area contributed by atoms with Gasteiger partial charge in [-0.3, -0.25) is 0 Å². The predicted molar refractivity (Wildman–Crippen MR) is 47.4 cm³/mol. The number of hydrogen-bond acceptors (Lipinski definition) is 2. The Bertz CT molecular complexity index is 196. The second-order valence-electron chi connectivity index (χ2n) is 4.89. The van der Waals surface area contributed by atoms with Gasteiger partial charge < -0.3 is 4.74 Å². The summed E-state index contributed by atoms with van der Waals surface area (Å²) in [6.45, 7) is 1.62. The third-order valence-electron chi connectivity index (χ3n) is 4.05. The smallest absolute Gasteiger partial charge is 0.417 e. The van der Waals surface area contributed by atoms with E-state index in [0.717, 1.165) is 11.8 Å². The highest BCUT2D eigenvalue weighted by atomic mass is 16.5. The first-order chi connectivity index (χ1) is 6.36. The van der Waals surface area contributed by atoms with Crippen molar-refractivity contribution >= 4 is 6.47 Å². The molecular formula is C11H14O2. The third kappa shape index (κ3) is 1.11. The monoisotopic (exact) mass is 178 g/mol. The summed E-state index contributed by atoms with van der Waals surface area (Å²) in [4.78, 5) is 10.2. The summed E-state index contributed by atoms with van der Waals surface area (Å²) in [6.07, 6.45) is 6.58. The standard InChI is InChI=1S/C11H14O2/c12-6-13-11-9-2-7-1-8(4-9)5-10(11)3-7/h7-9,11H,1-5H2. The quantitative estimate of drug-likeness (QED) is 0.645. The lowest BCUT2D eigenvalue weighted by Gasteiger charge is -2.52. The van der Waals surface area contributed by atoms with E-state index in [2.05, 4.69) is 0 Å².